The Bertz CT molecular complexity index is 130. The molecule has 52 valence electrons. The van der Waals surface area contributed by atoms with Gasteiger partial charge in [-0.2, -0.15) is 0 Å². The van der Waals surface area contributed by atoms with Crippen LogP contribution in [0.25, 0.3) is 0 Å². The van der Waals surface area contributed by atoms with E-state index in [-0.39, 0.29) is 12.3 Å². The molecule has 0 atom stereocenters. The average molecular weight is 131 g/mol. The van der Waals surface area contributed by atoms with Gasteiger partial charge in [-0.3, -0.25) is 0 Å². The van der Waals surface area contributed by atoms with Crippen molar-refractivity contribution in [1.82, 2.24) is 0 Å². The number of ether oxygens (including phenoxy) is 1. The van der Waals surface area contributed by atoms with Crippen molar-refractivity contribution in [3.05, 3.63) is 11.8 Å². The molecule has 0 amide bonds. The third kappa shape index (κ3) is 4.83. The lowest BCUT2D eigenvalue weighted by Gasteiger charge is -1.94. The Morgan fingerprint density at radius 1 is 1.89 bits per heavy atom. The summed E-state index contributed by atoms with van der Waals surface area (Å²) in [5, 5.41) is 8.10. The summed E-state index contributed by atoms with van der Waals surface area (Å²) in [5.74, 6) is -1.05. The summed E-state index contributed by atoms with van der Waals surface area (Å²) in [6, 6.07) is 0. The first kappa shape index (κ1) is 7.97. The van der Waals surface area contributed by atoms with Crippen molar-refractivity contribution >= 4 is 5.97 Å². The standard InChI is InChI=1S/C5H9NO3/c1-9-3-4(6)2-5(7)8/h2H,3,6H2,1H3,(H,7,8). The summed E-state index contributed by atoms with van der Waals surface area (Å²) in [5.41, 5.74) is 5.35. The Morgan fingerprint density at radius 2 is 2.44 bits per heavy atom. The minimum Gasteiger partial charge on any atom is -0.478 e. The van der Waals surface area contributed by atoms with Crippen molar-refractivity contribution in [2.45, 2.75) is 0 Å². The lowest BCUT2D eigenvalue weighted by Crippen LogP contribution is -2.07. The monoisotopic (exact) mass is 131 g/mol. The van der Waals surface area contributed by atoms with Crippen molar-refractivity contribution in [3.63, 3.8) is 0 Å². The van der Waals surface area contributed by atoms with Gasteiger partial charge in [-0.25, -0.2) is 4.79 Å². The van der Waals surface area contributed by atoms with Gasteiger partial charge in [0.2, 0.25) is 0 Å². The molecule has 4 heteroatoms. The first-order chi connectivity index (χ1) is 4.16. The highest BCUT2D eigenvalue weighted by atomic mass is 16.5. The molecule has 0 aromatic carbocycles. The fourth-order valence-corrected chi connectivity index (χ4v) is 0.367. The molecule has 0 aromatic rings. The van der Waals surface area contributed by atoms with Crippen LogP contribution in [0.1, 0.15) is 0 Å². The molecule has 0 bridgehead atoms. The average Bonchev–Trinajstić information content (AvgIpc) is 1.63. The predicted octanol–water partition coefficient (Wildman–Crippen LogP) is -0.440. The number of rotatable bonds is 3. The van der Waals surface area contributed by atoms with Crippen molar-refractivity contribution in [2.24, 2.45) is 5.73 Å². The normalized spacial score (nSPS) is 11.4. The van der Waals surface area contributed by atoms with Crippen LogP contribution in [0.15, 0.2) is 11.8 Å². The van der Waals surface area contributed by atoms with Crippen LogP contribution < -0.4 is 5.73 Å². The van der Waals surface area contributed by atoms with E-state index >= 15 is 0 Å². The number of nitrogens with two attached hydrogens (primary N) is 1. The van der Waals surface area contributed by atoms with E-state index in [0.717, 1.165) is 6.08 Å². The quantitative estimate of drug-likeness (QED) is 0.509. The third-order valence-electron chi connectivity index (χ3n) is 0.620. The molecule has 9 heavy (non-hydrogen) atoms. The highest BCUT2D eigenvalue weighted by Crippen LogP contribution is 1.82. The molecule has 0 fully saturated rings. The molecule has 0 radical (unpaired) electrons. The zero-order chi connectivity index (χ0) is 7.28. The van der Waals surface area contributed by atoms with Crippen molar-refractivity contribution in [2.75, 3.05) is 13.7 Å². The van der Waals surface area contributed by atoms with Gasteiger partial charge in [-0.15, -0.1) is 0 Å². The fraction of sp³-hybridized carbons (Fsp3) is 0.400. The van der Waals surface area contributed by atoms with Crippen LogP contribution in [0.5, 0.6) is 0 Å². The van der Waals surface area contributed by atoms with Gasteiger partial charge in [0.25, 0.3) is 0 Å². The first-order valence-electron chi connectivity index (χ1n) is 2.34. The molecule has 0 aliphatic carbocycles. The van der Waals surface area contributed by atoms with E-state index in [9.17, 15) is 4.79 Å². The van der Waals surface area contributed by atoms with E-state index in [1.54, 1.807) is 0 Å². The Kier molecular flexibility index (Phi) is 3.46. The summed E-state index contributed by atoms with van der Waals surface area (Å²) >= 11 is 0. The van der Waals surface area contributed by atoms with Crippen LogP contribution in [0.2, 0.25) is 0 Å². The van der Waals surface area contributed by atoms with Gasteiger partial charge in [-0.1, -0.05) is 0 Å². The minimum atomic E-state index is -1.05. The second-order valence-corrected chi connectivity index (χ2v) is 1.49. The van der Waals surface area contributed by atoms with Crippen molar-refractivity contribution in [3.8, 4) is 0 Å². The van der Waals surface area contributed by atoms with E-state index in [0.29, 0.717) is 0 Å². The predicted molar refractivity (Wildman–Crippen MR) is 31.8 cm³/mol. The Hall–Kier alpha value is -1.03. The van der Waals surface area contributed by atoms with Crippen LogP contribution in [0, 0.1) is 0 Å². The molecular formula is C5H9NO3. The Balaban J connectivity index is 3.69. The van der Waals surface area contributed by atoms with Gasteiger partial charge in [0, 0.05) is 18.9 Å². The molecule has 4 nitrogen and oxygen atoms in total. The van der Waals surface area contributed by atoms with E-state index in [1.165, 1.54) is 7.11 Å². The van der Waals surface area contributed by atoms with Crippen molar-refractivity contribution in [1.29, 1.82) is 0 Å². The smallest absolute Gasteiger partial charge is 0.330 e. The van der Waals surface area contributed by atoms with Crippen LogP contribution in [-0.2, 0) is 9.53 Å². The lowest BCUT2D eigenvalue weighted by molar-refractivity contribution is -0.131. The molecule has 0 spiro atoms. The first-order valence-corrected chi connectivity index (χ1v) is 2.34. The summed E-state index contributed by atoms with van der Waals surface area (Å²) in [6.07, 6.45) is 0.906. The SMILES string of the molecule is COCC(N)=CC(=O)O. The minimum absolute atomic E-state index is 0.159. The zero-order valence-corrected chi connectivity index (χ0v) is 5.13. The van der Waals surface area contributed by atoms with E-state index < -0.39 is 5.97 Å². The van der Waals surface area contributed by atoms with Gasteiger partial charge in [0.15, 0.2) is 0 Å². The number of hydrogen-bond acceptors (Lipinski definition) is 3. The molecule has 0 aliphatic rings. The zero-order valence-electron chi connectivity index (χ0n) is 5.13. The summed E-state index contributed by atoms with van der Waals surface area (Å²) < 4.78 is 4.55. The maximum absolute atomic E-state index is 9.87. The molecule has 0 aromatic heterocycles. The van der Waals surface area contributed by atoms with Gasteiger partial charge < -0.3 is 15.6 Å². The topological polar surface area (TPSA) is 72.5 Å². The van der Waals surface area contributed by atoms with E-state index in [4.69, 9.17) is 10.8 Å². The lowest BCUT2D eigenvalue weighted by atomic mass is 10.4. The number of methoxy groups -OCH3 is 1. The van der Waals surface area contributed by atoms with Gasteiger partial charge in [-0.05, 0) is 0 Å². The van der Waals surface area contributed by atoms with E-state index in [1.807, 2.05) is 0 Å². The molecule has 3 N–H and O–H groups in total. The van der Waals surface area contributed by atoms with Gasteiger partial charge >= 0.3 is 5.97 Å². The van der Waals surface area contributed by atoms with Gasteiger partial charge in [0.1, 0.15) is 0 Å². The number of carboxylic acid groups (broad SMARTS) is 1. The van der Waals surface area contributed by atoms with Crippen LogP contribution >= 0.6 is 0 Å². The van der Waals surface area contributed by atoms with Crippen LogP contribution in [-0.4, -0.2) is 24.8 Å². The number of aliphatic carboxylic acids is 1. The van der Waals surface area contributed by atoms with Crippen molar-refractivity contribution < 1.29 is 14.6 Å². The highest BCUT2D eigenvalue weighted by Gasteiger charge is 1.91. The number of carbonyl (C=O) groups is 1. The molecule has 0 saturated heterocycles. The molecular weight excluding hydrogens is 122 g/mol. The highest BCUT2D eigenvalue weighted by molar-refractivity contribution is 5.80. The fourth-order valence-electron chi connectivity index (χ4n) is 0.367. The summed E-state index contributed by atoms with van der Waals surface area (Å²) in [4.78, 5) is 9.87. The van der Waals surface area contributed by atoms with E-state index in [2.05, 4.69) is 4.74 Å². The van der Waals surface area contributed by atoms with Crippen LogP contribution in [0.3, 0.4) is 0 Å². The molecule has 0 saturated carbocycles. The molecule has 0 unspecified atom stereocenters. The molecule has 0 heterocycles. The molecule has 0 aliphatic heterocycles. The maximum Gasteiger partial charge on any atom is 0.330 e. The summed E-state index contributed by atoms with van der Waals surface area (Å²) in [6.45, 7) is 0.159. The van der Waals surface area contributed by atoms with Crippen LogP contribution in [0.4, 0.5) is 0 Å². The maximum atomic E-state index is 9.87. The Morgan fingerprint density at radius 3 is 2.78 bits per heavy atom. The largest absolute Gasteiger partial charge is 0.478 e. The van der Waals surface area contributed by atoms with Gasteiger partial charge in [0.05, 0.1) is 6.61 Å². The summed E-state index contributed by atoms with van der Waals surface area (Å²) in [7, 11) is 1.45. The Labute approximate surface area is 52.9 Å². The molecule has 0 rings (SSSR count). The number of hydrogen-bond donors (Lipinski definition) is 2. The second-order valence-electron chi connectivity index (χ2n) is 1.49. The second kappa shape index (κ2) is 3.91. The number of carboxylic acids is 1. The third-order valence-corrected chi connectivity index (χ3v) is 0.620.